The van der Waals surface area contributed by atoms with Crippen molar-refractivity contribution < 1.29 is 19.7 Å². The number of rotatable bonds is 4. The zero-order valence-corrected chi connectivity index (χ0v) is 15.8. The largest absolute Gasteiger partial charge is 0.388 e. The number of pyridine rings is 1. The summed E-state index contributed by atoms with van der Waals surface area (Å²) in [5.74, 6) is -0.455. The summed E-state index contributed by atoms with van der Waals surface area (Å²) in [7, 11) is 0. The van der Waals surface area contributed by atoms with Gasteiger partial charge in [0.15, 0.2) is 0 Å². The zero-order valence-electron chi connectivity index (χ0n) is 15.8. The van der Waals surface area contributed by atoms with Gasteiger partial charge in [0.05, 0.1) is 30.3 Å². The van der Waals surface area contributed by atoms with E-state index in [0.717, 1.165) is 10.9 Å². The molecule has 1 aliphatic rings. The first kappa shape index (κ1) is 20.0. The summed E-state index contributed by atoms with van der Waals surface area (Å²) >= 11 is 0. The van der Waals surface area contributed by atoms with Crippen LogP contribution >= 0.6 is 0 Å². The first-order chi connectivity index (χ1) is 14.4. The highest BCUT2D eigenvalue weighted by Gasteiger charge is 2.39. The van der Waals surface area contributed by atoms with Crippen molar-refractivity contribution in [3.05, 3.63) is 75.2 Å². The van der Waals surface area contributed by atoms with Crippen LogP contribution in [0.3, 0.4) is 0 Å². The van der Waals surface area contributed by atoms with E-state index in [9.17, 15) is 24.6 Å². The second kappa shape index (κ2) is 8.19. The first-order valence-electron chi connectivity index (χ1n) is 9.35. The molecule has 0 bridgehead atoms. The number of H-pyrrole nitrogens is 1. The number of ether oxygens (including phenoxy) is 1. The van der Waals surface area contributed by atoms with E-state index in [1.54, 1.807) is 6.07 Å². The molecule has 0 unspecified atom stereocenters. The molecular weight excluding hydrogens is 392 g/mol. The molecule has 30 heavy (non-hydrogen) atoms. The number of aliphatic hydroxyl groups excluding tert-OH is 2. The van der Waals surface area contributed by atoms with Crippen molar-refractivity contribution in [1.82, 2.24) is 19.9 Å². The predicted octanol–water partition coefficient (Wildman–Crippen LogP) is -0.996. The Kier molecular flexibility index (Phi) is 5.44. The summed E-state index contributed by atoms with van der Waals surface area (Å²) in [5.41, 5.74) is -0.109. The van der Waals surface area contributed by atoms with Gasteiger partial charge in [-0.1, -0.05) is 18.2 Å². The molecule has 10 heteroatoms. The minimum absolute atomic E-state index is 0.0618. The van der Waals surface area contributed by atoms with Crippen LogP contribution in [-0.2, 0) is 11.3 Å². The lowest BCUT2D eigenvalue weighted by atomic mass is 9.97. The van der Waals surface area contributed by atoms with Crippen LogP contribution in [0.1, 0.15) is 10.4 Å². The highest BCUT2D eigenvalue weighted by molar-refractivity contribution is 5.97. The molecule has 0 radical (unpaired) electrons. The molecule has 2 aromatic heterocycles. The molecule has 0 spiro atoms. The first-order valence-corrected chi connectivity index (χ1v) is 9.35. The summed E-state index contributed by atoms with van der Waals surface area (Å²) < 4.78 is 6.75. The lowest BCUT2D eigenvalue weighted by molar-refractivity contribution is -0.152. The summed E-state index contributed by atoms with van der Waals surface area (Å²) in [6.07, 6.45) is -0.823. The third kappa shape index (κ3) is 4.01. The predicted molar refractivity (Wildman–Crippen MR) is 106 cm³/mol. The van der Waals surface area contributed by atoms with Crippen molar-refractivity contribution in [2.45, 2.75) is 30.9 Å². The standard InChI is InChI=1S/C20H20N4O6/c25-16-5-6-24(20(29)23-16)9-15-18(27)17(26)14(10-30-15)22-19(28)12-7-11-3-1-2-4-13(11)21-8-12/h1-8,14-15,17-18,26-27H,9-10H2,(H,22,28)(H,23,25,29)/t14-,15-,17+,18-/m1/s1. The smallest absolute Gasteiger partial charge is 0.328 e. The van der Waals surface area contributed by atoms with Gasteiger partial charge in [0, 0.05) is 23.8 Å². The molecule has 0 saturated carbocycles. The molecule has 1 fully saturated rings. The molecule has 4 N–H and O–H groups in total. The molecule has 1 aliphatic heterocycles. The maximum absolute atomic E-state index is 12.6. The van der Waals surface area contributed by atoms with E-state index in [-0.39, 0.29) is 13.2 Å². The number of amides is 1. The molecule has 1 aromatic carbocycles. The average molecular weight is 412 g/mol. The average Bonchev–Trinajstić information content (AvgIpc) is 2.74. The number of aliphatic hydroxyl groups is 2. The summed E-state index contributed by atoms with van der Waals surface area (Å²) in [5, 5.41) is 24.3. The highest BCUT2D eigenvalue weighted by Crippen LogP contribution is 2.18. The van der Waals surface area contributed by atoms with Gasteiger partial charge < -0.3 is 20.3 Å². The second-order valence-corrected chi connectivity index (χ2v) is 7.11. The van der Waals surface area contributed by atoms with Crippen LogP contribution in [0.5, 0.6) is 0 Å². The number of hydrogen-bond acceptors (Lipinski definition) is 7. The number of carbonyl (C=O) groups is 1. The molecule has 1 saturated heterocycles. The van der Waals surface area contributed by atoms with Gasteiger partial charge in [-0.15, -0.1) is 0 Å². The molecule has 0 aliphatic carbocycles. The summed E-state index contributed by atoms with van der Waals surface area (Å²) in [6.45, 7) is -0.128. The maximum atomic E-state index is 12.6. The lowest BCUT2D eigenvalue weighted by Gasteiger charge is -2.38. The Labute approximate surface area is 169 Å². The Bertz CT molecular complexity index is 1190. The van der Waals surface area contributed by atoms with Crippen LogP contribution in [0.25, 0.3) is 10.9 Å². The normalized spacial score (nSPS) is 23.9. The SMILES string of the molecule is O=C(N[C@@H]1CO[C@H](Cn2ccc(=O)[nH]c2=O)[C@@H](O)[C@H]1O)c1cnc2ccccc2c1. The van der Waals surface area contributed by atoms with Crippen molar-refractivity contribution in [3.63, 3.8) is 0 Å². The van der Waals surface area contributed by atoms with Crippen molar-refractivity contribution in [2.75, 3.05) is 6.61 Å². The molecule has 3 heterocycles. The number of carbonyl (C=O) groups excluding carboxylic acids is 1. The van der Waals surface area contributed by atoms with Crippen molar-refractivity contribution in [3.8, 4) is 0 Å². The van der Waals surface area contributed by atoms with Crippen molar-refractivity contribution in [2.24, 2.45) is 0 Å². The van der Waals surface area contributed by atoms with Gasteiger partial charge in [-0.05, 0) is 12.1 Å². The number of para-hydroxylation sites is 1. The van der Waals surface area contributed by atoms with Gasteiger partial charge in [0.2, 0.25) is 0 Å². The number of fused-ring (bicyclic) bond motifs is 1. The van der Waals surface area contributed by atoms with Gasteiger partial charge in [-0.3, -0.25) is 24.1 Å². The van der Waals surface area contributed by atoms with E-state index in [4.69, 9.17) is 4.74 Å². The minimum Gasteiger partial charge on any atom is -0.388 e. The number of benzene rings is 1. The third-order valence-electron chi connectivity index (χ3n) is 5.08. The van der Waals surface area contributed by atoms with Crippen LogP contribution < -0.4 is 16.6 Å². The van der Waals surface area contributed by atoms with Crippen molar-refractivity contribution >= 4 is 16.8 Å². The van der Waals surface area contributed by atoms with E-state index >= 15 is 0 Å². The monoisotopic (exact) mass is 412 g/mol. The van der Waals surface area contributed by atoms with Gasteiger partial charge in [0.25, 0.3) is 11.5 Å². The van der Waals surface area contributed by atoms with Gasteiger partial charge >= 0.3 is 5.69 Å². The maximum Gasteiger partial charge on any atom is 0.328 e. The van der Waals surface area contributed by atoms with Gasteiger partial charge in [0.1, 0.15) is 18.3 Å². The van der Waals surface area contributed by atoms with E-state index in [1.165, 1.54) is 23.0 Å². The second-order valence-electron chi connectivity index (χ2n) is 7.11. The molecule has 156 valence electrons. The highest BCUT2D eigenvalue weighted by atomic mass is 16.5. The Morgan fingerprint density at radius 1 is 1.23 bits per heavy atom. The van der Waals surface area contributed by atoms with Crippen LogP contribution in [0, 0.1) is 0 Å². The molecule has 3 aromatic rings. The lowest BCUT2D eigenvalue weighted by Crippen LogP contribution is -2.60. The minimum atomic E-state index is -1.35. The summed E-state index contributed by atoms with van der Waals surface area (Å²) in [4.78, 5) is 41.9. The third-order valence-corrected chi connectivity index (χ3v) is 5.08. The van der Waals surface area contributed by atoms with E-state index < -0.39 is 41.5 Å². The van der Waals surface area contributed by atoms with Crippen molar-refractivity contribution in [1.29, 1.82) is 0 Å². The Hall–Kier alpha value is -3.34. The number of nitrogens with zero attached hydrogens (tertiary/aromatic N) is 2. The number of aromatic nitrogens is 3. The zero-order chi connectivity index (χ0) is 21.3. The van der Waals surface area contributed by atoms with Gasteiger partial charge in [-0.25, -0.2) is 4.79 Å². The van der Waals surface area contributed by atoms with Crippen LogP contribution in [0.4, 0.5) is 0 Å². The van der Waals surface area contributed by atoms with Crippen LogP contribution in [0.15, 0.2) is 58.4 Å². The molecule has 10 nitrogen and oxygen atoms in total. The Morgan fingerprint density at radius 2 is 2.03 bits per heavy atom. The van der Waals surface area contributed by atoms with Crippen LogP contribution in [0.2, 0.25) is 0 Å². The van der Waals surface area contributed by atoms with E-state index in [0.29, 0.717) is 5.56 Å². The number of aromatic amines is 1. The quantitative estimate of drug-likeness (QED) is 0.430. The summed E-state index contributed by atoms with van der Waals surface area (Å²) in [6, 6.07) is 9.38. The fraction of sp³-hybridized carbons (Fsp3) is 0.300. The molecule has 4 atom stereocenters. The molecule has 1 amide bonds. The molecule has 4 rings (SSSR count). The topological polar surface area (TPSA) is 147 Å². The van der Waals surface area contributed by atoms with Gasteiger partial charge in [-0.2, -0.15) is 0 Å². The number of nitrogens with one attached hydrogen (secondary N) is 2. The fourth-order valence-corrected chi connectivity index (χ4v) is 3.40. The van der Waals surface area contributed by atoms with Crippen LogP contribution in [-0.4, -0.2) is 61.6 Å². The van der Waals surface area contributed by atoms with E-state index in [2.05, 4.69) is 15.3 Å². The Balaban J connectivity index is 1.43. The number of hydrogen-bond donors (Lipinski definition) is 4. The van der Waals surface area contributed by atoms with E-state index in [1.807, 2.05) is 24.3 Å². The molecular formula is C20H20N4O6. The Morgan fingerprint density at radius 3 is 2.83 bits per heavy atom. The fourth-order valence-electron chi connectivity index (χ4n) is 3.40.